The summed E-state index contributed by atoms with van der Waals surface area (Å²) in [7, 11) is 1.89. The molecule has 2 aromatic rings. The fourth-order valence-electron chi connectivity index (χ4n) is 2.81. The Balaban J connectivity index is 1.80. The first-order valence-electron chi connectivity index (χ1n) is 9.60. The SMILES string of the molecule is COc1ccc(C(CNC(=O)CCNS(=O)(=O)C=Cc2ccccc2)N(C)C)cc1. The summed E-state index contributed by atoms with van der Waals surface area (Å²) >= 11 is 0. The Labute approximate surface area is 178 Å². The molecule has 1 amide bonds. The van der Waals surface area contributed by atoms with Crippen molar-refractivity contribution >= 4 is 22.0 Å². The third-order valence-electron chi connectivity index (χ3n) is 4.51. The lowest BCUT2D eigenvalue weighted by Crippen LogP contribution is -2.36. The molecule has 0 spiro atoms. The number of carbonyl (C=O) groups excluding carboxylic acids is 1. The van der Waals surface area contributed by atoms with E-state index in [0.29, 0.717) is 6.54 Å². The Morgan fingerprint density at radius 3 is 2.37 bits per heavy atom. The van der Waals surface area contributed by atoms with E-state index in [0.717, 1.165) is 22.3 Å². The molecule has 0 fully saturated rings. The van der Waals surface area contributed by atoms with Gasteiger partial charge in [-0.05, 0) is 43.4 Å². The molecule has 2 rings (SSSR count). The monoisotopic (exact) mass is 431 g/mol. The largest absolute Gasteiger partial charge is 0.497 e. The standard InChI is InChI=1S/C22H29N3O4S/c1-25(2)21(19-9-11-20(29-3)12-10-19)17-23-22(26)13-15-24-30(27,28)16-14-18-7-5-4-6-8-18/h4-12,14,16,21,24H,13,15,17H2,1-3H3,(H,23,26). The summed E-state index contributed by atoms with van der Waals surface area (Å²) in [5.74, 6) is 0.555. The number of likely N-dealkylation sites (N-methyl/N-ethyl adjacent to an activating group) is 1. The number of methoxy groups -OCH3 is 1. The average molecular weight is 432 g/mol. The van der Waals surface area contributed by atoms with Crippen LogP contribution in [0, 0.1) is 0 Å². The van der Waals surface area contributed by atoms with Crippen molar-refractivity contribution in [3.8, 4) is 5.75 Å². The third-order valence-corrected chi connectivity index (χ3v) is 5.61. The molecule has 30 heavy (non-hydrogen) atoms. The van der Waals surface area contributed by atoms with Crippen LogP contribution in [0.2, 0.25) is 0 Å². The van der Waals surface area contributed by atoms with Crippen LogP contribution in [0.15, 0.2) is 60.0 Å². The van der Waals surface area contributed by atoms with E-state index in [9.17, 15) is 13.2 Å². The summed E-state index contributed by atoms with van der Waals surface area (Å²) in [4.78, 5) is 14.2. The van der Waals surface area contributed by atoms with E-state index in [2.05, 4.69) is 10.0 Å². The highest BCUT2D eigenvalue weighted by atomic mass is 32.2. The van der Waals surface area contributed by atoms with E-state index in [4.69, 9.17) is 4.74 Å². The average Bonchev–Trinajstić information content (AvgIpc) is 2.73. The van der Waals surface area contributed by atoms with Gasteiger partial charge in [0.15, 0.2) is 0 Å². The van der Waals surface area contributed by atoms with Crippen LogP contribution in [0.4, 0.5) is 0 Å². The quantitative estimate of drug-likeness (QED) is 0.570. The van der Waals surface area contributed by atoms with Gasteiger partial charge in [0.1, 0.15) is 5.75 Å². The zero-order valence-electron chi connectivity index (χ0n) is 17.5. The number of nitrogens with one attached hydrogen (secondary N) is 2. The Morgan fingerprint density at radius 2 is 1.77 bits per heavy atom. The van der Waals surface area contributed by atoms with Gasteiger partial charge in [0, 0.05) is 24.9 Å². The molecular weight excluding hydrogens is 402 g/mol. The molecule has 0 saturated heterocycles. The van der Waals surface area contributed by atoms with Crippen LogP contribution in [0.25, 0.3) is 6.08 Å². The zero-order chi connectivity index (χ0) is 22.0. The van der Waals surface area contributed by atoms with Crippen LogP contribution < -0.4 is 14.8 Å². The third kappa shape index (κ3) is 7.98. The van der Waals surface area contributed by atoms with Crippen LogP contribution in [0.3, 0.4) is 0 Å². The first kappa shape index (κ1) is 23.6. The van der Waals surface area contributed by atoms with Gasteiger partial charge in [-0.1, -0.05) is 42.5 Å². The van der Waals surface area contributed by atoms with E-state index in [1.54, 1.807) is 7.11 Å². The summed E-state index contributed by atoms with van der Waals surface area (Å²) in [5.41, 5.74) is 1.83. The van der Waals surface area contributed by atoms with E-state index in [1.165, 1.54) is 6.08 Å². The minimum atomic E-state index is -3.60. The van der Waals surface area contributed by atoms with Gasteiger partial charge in [-0.3, -0.25) is 4.79 Å². The Bertz CT molecular complexity index is 927. The first-order valence-corrected chi connectivity index (χ1v) is 11.2. The van der Waals surface area contributed by atoms with Crippen LogP contribution in [-0.4, -0.2) is 53.5 Å². The second-order valence-corrected chi connectivity index (χ2v) is 8.61. The first-order chi connectivity index (χ1) is 14.3. The lowest BCUT2D eigenvalue weighted by molar-refractivity contribution is -0.121. The molecule has 0 heterocycles. The highest BCUT2D eigenvalue weighted by Crippen LogP contribution is 2.20. The highest BCUT2D eigenvalue weighted by Gasteiger charge is 2.15. The van der Waals surface area contributed by atoms with Crippen LogP contribution >= 0.6 is 0 Å². The van der Waals surface area contributed by atoms with Gasteiger partial charge in [0.05, 0.1) is 13.2 Å². The van der Waals surface area contributed by atoms with Crippen molar-refractivity contribution < 1.29 is 17.9 Å². The van der Waals surface area contributed by atoms with Crippen molar-refractivity contribution in [1.29, 1.82) is 0 Å². The number of sulfonamides is 1. The van der Waals surface area contributed by atoms with E-state index >= 15 is 0 Å². The molecule has 1 unspecified atom stereocenters. The van der Waals surface area contributed by atoms with Crippen molar-refractivity contribution in [2.75, 3.05) is 34.3 Å². The summed E-state index contributed by atoms with van der Waals surface area (Å²) in [5, 5.41) is 3.97. The topological polar surface area (TPSA) is 87.7 Å². The number of rotatable bonds is 11. The second kappa shape index (κ2) is 11.5. The number of amides is 1. The Morgan fingerprint density at radius 1 is 1.10 bits per heavy atom. The number of ether oxygens (including phenoxy) is 1. The van der Waals surface area contributed by atoms with Crippen molar-refractivity contribution in [2.24, 2.45) is 0 Å². The molecule has 1 atom stereocenters. The molecule has 2 aromatic carbocycles. The molecule has 0 aliphatic carbocycles. The molecule has 0 radical (unpaired) electrons. The Kier molecular flexibility index (Phi) is 9.04. The normalized spacial score (nSPS) is 12.8. The lowest BCUT2D eigenvalue weighted by Gasteiger charge is -2.25. The predicted molar refractivity (Wildman–Crippen MR) is 119 cm³/mol. The molecular formula is C22H29N3O4S. The van der Waals surface area contributed by atoms with Crippen LogP contribution in [-0.2, 0) is 14.8 Å². The zero-order valence-corrected chi connectivity index (χ0v) is 18.4. The number of hydrogen-bond donors (Lipinski definition) is 2. The van der Waals surface area contributed by atoms with Gasteiger partial charge in [-0.25, -0.2) is 13.1 Å². The van der Waals surface area contributed by atoms with Crippen LogP contribution in [0.1, 0.15) is 23.6 Å². The molecule has 2 N–H and O–H groups in total. The minimum Gasteiger partial charge on any atom is -0.497 e. The summed E-state index contributed by atoms with van der Waals surface area (Å²) in [6.45, 7) is 0.446. The lowest BCUT2D eigenvalue weighted by atomic mass is 10.1. The maximum atomic E-state index is 12.2. The molecule has 0 bridgehead atoms. The molecule has 7 nitrogen and oxygen atoms in total. The molecule has 162 valence electrons. The van der Waals surface area contributed by atoms with E-state index < -0.39 is 10.0 Å². The highest BCUT2D eigenvalue weighted by molar-refractivity contribution is 7.92. The smallest absolute Gasteiger partial charge is 0.233 e. The number of carbonyl (C=O) groups is 1. The van der Waals surface area contributed by atoms with Crippen LogP contribution in [0.5, 0.6) is 5.75 Å². The van der Waals surface area contributed by atoms with Gasteiger partial charge < -0.3 is 15.0 Å². The molecule has 0 aromatic heterocycles. The molecule has 0 saturated carbocycles. The summed E-state index contributed by atoms with van der Waals surface area (Å²) < 4.78 is 31.7. The maximum absolute atomic E-state index is 12.2. The number of nitrogens with zero attached hydrogens (tertiary/aromatic N) is 1. The van der Waals surface area contributed by atoms with Gasteiger partial charge in [-0.2, -0.15) is 0 Å². The summed E-state index contributed by atoms with van der Waals surface area (Å²) in [6, 6.07) is 16.8. The maximum Gasteiger partial charge on any atom is 0.233 e. The number of benzene rings is 2. The van der Waals surface area contributed by atoms with Crippen molar-refractivity contribution in [3.63, 3.8) is 0 Å². The van der Waals surface area contributed by atoms with Crippen molar-refractivity contribution in [2.45, 2.75) is 12.5 Å². The van der Waals surface area contributed by atoms with Crippen molar-refractivity contribution in [3.05, 3.63) is 71.1 Å². The van der Waals surface area contributed by atoms with E-state index in [-0.39, 0.29) is 24.9 Å². The molecule has 0 aliphatic heterocycles. The van der Waals surface area contributed by atoms with E-state index in [1.807, 2.05) is 73.6 Å². The van der Waals surface area contributed by atoms with Gasteiger partial charge in [0.25, 0.3) is 0 Å². The number of hydrogen-bond acceptors (Lipinski definition) is 5. The molecule has 8 heteroatoms. The fraction of sp³-hybridized carbons (Fsp3) is 0.318. The predicted octanol–water partition coefficient (Wildman–Crippen LogP) is 2.39. The van der Waals surface area contributed by atoms with Gasteiger partial charge in [-0.15, -0.1) is 0 Å². The van der Waals surface area contributed by atoms with Gasteiger partial charge in [0.2, 0.25) is 15.9 Å². The minimum absolute atomic E-state index is 0.00893. The summed E-state index contributed by atoms with van der Waals surface area (Å²) in [6.07, 6.45) is 1.57. The van der Waals surface area contributed by atoms with Gasteiger partial charge >= 0.3 is 0 Å². The Hall–Kier alpha value is -2.68. The molecule has 0 aliphatic rings. The second-order valence-electron chi connectivity index (χ2n) is 6.96. The fourth-order valence-corrected chi connectivity index (χ4v) is 3.63. The van der Waals surface area contributed by atoms with Crippen molar-refractivity contribution in [1.82, 2.24) is 14.9 Å².